The number of rotatable bonds is 7. The first kappa shape index (κ1) is 24.8. The Hall–Kier alpha value is -3.30. The van der Waals surface area contributed by atoms with Crippen LogP contribution in [0.15, 0.2) is 71.9 Å². The molecule has 0 bridgehead atoms. The molecular formula is C25H19ClF3N3O2S. The number of hydrogen-bond donors (Lipinski definition) is 0. The minimum Gasteiger partial charge on any atom is -0.496 e. The number of carbonyl (C=O) groups is 1. The Kier molecular flexibility index (Phi) is 7.18. The van der Waals surface area contributed by atoms with E-state index in [9.17, 15) is 18.0 Å². The zero-order chi connectivity index (χ0) is 25.2. The Balaban J connectivity index is 1.83. The summed E-state index contributed by atoms with van der Waals surface area (Å²) in [7, 11) is 1.51. The summed E-state index contributed by atoms with van der Waals surface area (Å²) in [6, 6.07) is 17.0. The van der Waals surface area contributed by atoms with Crippen LogP contribution in [0, 0.1) is 0 Å². The van der Waals surface area contributed by atoms with Crippen LogP contribution in [0.3, 0.4) is 0 Å². The molecule has 0 spiro atoms. The molecule has 0 saturated carbocycles. The van der Waals surface area contributed by atoms with Gasteiger partial charge in [-0.25, -0.2) is 0 Å². The molecule has 0 fully saturated rings. The van der Waals surface area contributed by atoms with E-state index >= 15 is 0 Å². The maximum Gasteiger partial charge on any atom is 0.418 e. The van der Waals surface area contributed by atoms with Gasteiger partial charge in [-0.15, -0.1) is 10.2 Å². The summed E-state index contributed by atoms with van der Waals surface area (Å²) in [6.07, 6.45) is -4.59. The van der Waals surface area contributed by atoms with E-state index in [1.54, 1.807) is 42.5 Å². The lowest BCUT2D eigenvalue weighted by atomic mass is 10.1. The molecule has 10 heteroatoms. The van der Waals surface area contributed by atoms with E-state index in [2.05, 4.69) is 10.2 Å². The SMILES string of the molecule is COc1ccc(C(C)=O)cc1CSc1nnc(-c2cccc(Cl)c2)n1-c1ccccc1C(F)(F)F. The van der Waals surface area contributed by atoms with Crippen molar-refractivity contribution in [1.82, 2.24) is 14.8 Å². The fraction of sp³-hybridized carbons (Fsp3) is 0.160. The van der Waals surface area contributed by atoms with Crippen molar-refractivity contribution in [3.05, 3.63) is 88.4 Å². The van der Waals surface area contributed by atoms with Crippen LogP contribution in [0.2, 0.25) is 5.02 Å². The smallest absolute Gasteiger partial charge is 0.418 e. The molecule has 0 aliphatic carbocycles. The molecular weight excluding hydrogens is 499 g/mol. The molecule has 0 N–H and O–H groups in total. The molecule has 4 rings (SSSR count). The van der Waals surface area contributed by atoms with Gasteiger partial charge >= 0.3 is 6.18 Å². The highest BCUT2D eigenvalue weighted by Gasteiger charge is 2.35. The first-order chi connectivity index (χ1) is 16.7. The largest absolute Gasteiger partial charge is 0.496 e. The third-order valence-electron chi connectivity index (χ3n) is 5.21. The van der Waals surface area contributed by atoms with Crippen molar-refractivity contribution >= 4 is 29.1 Å². The van der Waals surface area contributed by atoms with Crippen LogP contribution < -0.4 is 4.74 Å². The highest BCUT2D eigenvalue weighted by atomic mass is 35.5. The molecule has 5 nitrogen and oxygen atoms in total. The van der Waals surface area contributed by atoms with E-state index in [-0.39, 0.29) is 28.2 Å². The number of alkyl halides is 3. The highest BCUT2D eigenvalue weighted by molar-refractivity contribution is 7.98. The first-order valence-electron chi connectivity index (χ1n) is 10.4. The van der Waals surface area contributed by atoms with Crippen LogP contribution in [0.4, 0.5) is 13.2 Å². The molecule has 1 aromatic heterocycles. The number of hydrogen-bond acceptors (Lipinski definition) is 5. The normalized spacial score (nSPS) is 11.5. The summed E-state index contributed by atoms with van der Waals surface area (Å²) in [5, 5.41) is 9.08. The summed E-state index contributed by atoms with van der Waals surface area (Å²) < 4.78 is 48.5. The maximum absolute atomic E-state index is 13.9. The molecule has 0 unspecified atom stereocenters. The van der Waals surface area contributed by atoms with Crippen molar-refractivity contribution in [2.75, 3.05) is 7.11 Å². The summed E-state index contributed by atoms with van der Waals surface area (Å²) >= 11 is 7.32. The predicted octanol–water partition coefficient (Wildman–Crippen LogP) is 7.11. The quantitative estimate of drug-likeness (QED) is 0.193. The molecule has 35 heavy (non-hydrogen) atoms. The number of thioether (sulfide) groups is 1. The van der Waals surface area contributed by atoms with Gasteiger partial charge in [0.2, 0.25) is 0 Å². The average Bonchev–Trinajstić information content (AvgIpc) is 3.25. The van der Waals surface area contributed by atoms with Crippen LogP contribution in [-0.4, -0.2) is 27.7 Å². The number of Topliss-reactive ketones (excluding diaryl/α,β-unsaturated/α-hetero) is 1. The molecule has 0 atom stereocenters. The molecule has 0 aliphatic rings. The van der Waals surface area contributed by atoms with E-state index in [4.69, 9.17) is 16.3 Å². The highest BCUT2D eigenvalue weighted by Crippen LogP contribution is 2.38. The minimum absolute atomic E-state index is 0.105. The van der Waals surface area contributed by atoms with Crippen LogP contribution in [0.1, 0.15) is 28.4 Å². The van der Waals surface area contributed by atoms with Gasteiger partial charge in [0, 0.05) is 27.5 Å². The molecule has 0 amide bonds. The van der Waals surface area contributed by atoms with Crippen molar-refractivity contribution in [3.8, 4) is 22.8 Å². The molecule has 4 aromatic rings. The van der Waals surface area contributed by atoms with Gasteiger partial charge in [0.25, 0.3) is 0 Å². The Labute approximate surface area is 208 Å². The molecule has 180 valence electrons. The van der Waals surface area contributed by atoms with Crippen molar-refractivity contribution < 1.29 is 22.7 Å². The number of carbonyl (C=O) groups excluding carboxylic acids is 1. The van der Waals surface area contributed by atoms with Gasteiger partial charge in [0.05, 0.1) is 18.4 Å². The van der Waals surface area contributed by atoms with E-state index in [1.165, 1.54) is 48.6 Å². The molecule has 3 aromatic carbocycles. The second-order valence-corrected chi connectivity index (χ2v) is 8.92. The lowest BCUT2D eigenvalue weighted by Crippen LogP contribution is -2.12. The predicted molar refractivity (Wildman–Crippen MR) is 129 cm³/mol. The van der Waals surface area contributed by atoms with Gasteiger partial charge in [0.15, 0.2) is 16.8 Å². The van der Waals surface area contributed by atoms with E-state index in [0.29, 0.717) is 27.5 Å². The van der Waals surface area contributed by atoms with Crippen molar-refractivity contribution in [2.24, 2.45) is 0 Å². The number of benzene rings is 3. The molecule has 1 heterocycles. The summed E-state index contributed by atoms with van der Waals surface area (Å²) in [5.74, 6) is 0.950. The second-order valence-electron chi connectivity index (χ2n) is 7.54. The summed E-state index contributed by atoms with van der Waals surface area (Å²) in [6.45, 7) is 1.46. The van der Waals surface area contributed by atoms with E-state index < -0.39 is 11.7 Å². The zero-order valence-electron chi connectivity index (χ0n) is 18.6. The fourth-order valence-corrected chi connectivity index (χ4v) is 4.67. The zero-order valence-corrected chi connectivity index (χ0v) is 20.2. The van der Waals surface area contributed by atoms with Gasteiger partial charge in [-0.1, -0.05) is 47.6 Å². The fourth-order valence-electron chi connectivity index (χ4n) is 3.56. The first-order valence-corrected chi connectivity index (χ1v) is 11.7. The minimum atomic E-state index is -4.59. The lowest BCUT2D eigenvalue weighted by Gasteiger charge is -2.17. The third kappa shape index (κ3) is 5.36. The molecule has 0 aliphatic heterocycles. The van der Waals surface area contributed by atoms with E-state index in [0.717, 1.165) is 6.07 Å². The number of methoxy groups -OCH3 is 1. The van der Waals surface area contributed by atoms with Gasteiger partial charge in [0.1, 0.15) is 5.75 Å². The van der Waals surface area contributed by atoms with Crippen LogP contribution in [-0.2, 0) is 11.9 Å². The van der Waals surface area contributed by atoms with Crippen molar-refractivity contribution in [2.45, 2.75) is 24.0 Å². The summed E-state index contributed by atoms with van der Waals surface area (Å²) in [4.78, 5) is 11.8. The number of ether oxygens (including phenoxy) is 1. The second kappa shape index (κ2) is 10.1. The van der Waals surface area contributed by atoms with Gasteiger partial charge in [-0.3, -0.25) is 9.36 Å². The number of nitrogens with zero attached hydrogens (tertiary/aromatic N) is 3. The summed E-state index contributed by atoms with van der Waals surface area (Å²) in [5.41, 5.74) is 0.802. The number of para-hydroxylation sites is 1. The Bertz CT molecular complexity index is 1390. The standard InChI is InChI=1S/C25H19ClF3N3O2S/c1-15(33)16-10-11-22(34-2)18(12-16)14-35-24-31-30-23(17-6-5-7-19(26)13-17)32(24)21-9-4-3-8-20(21)25(27,28)29/h3-13H,14H2,1-2H3. The topological polar surface area (TPSA) is 57.0 Å². The maximum atomic E-state index is 13.9. The number of halogens is 4. The average molecular weight is 518 g/mol. The number of aromatic nitrogens is 3. The van der Waals surface area contributed by atoms with Crippen LogP contribution in [0.5, 0.6) is 5.75 Å². The van der Waals surface area contributed by atoms with Crippen molar-refractivity contribution in [3.63, 3.8) is 0 Å². The monoisotopic (exact) mass is 517 g/mol. The van der Waals surface area contributed by atoms with Gasteiger partial charge < -0.3 is 4.74 Å². The van der Waals surface area contributed by atoms with Crippen LogP contribution in [0.25, 0.3) is 17.1 Å². The van der Waals surface area contributed by atoms with Crippen LogP contribution >= 0.6 is 23.4 Å². The third-order valence-corrected chi connectivity index (χ3v) is 6.42. The van der Waals surface area contributed by atoms with Gasteiger partial charge in [-0.2, -0.15) is 13.2 Å². The van der Waals surface area contributed by atoms with Crippen molar-refractivity contribution in [1.29, 1.82) is 0 Å². The Morgan fingerprint density at radius 3 is 2.51 bits per heavy atom. The Morgan fingerprint density at radius 1 is 1.06 bits per heavy atom. The number of ketones is 1. The lowest BCUT2D eigenvalue weighted by molar-refractivity contribution is -0.137. The molecule has 0 radical (unpaired) electrons. The van der Waals surface area contributed by atoms with E-state index in [1.807, 2.05) is 0 Å². The van der Waals surface area contributed by atoms with Gasteiger partial charge in [-0.05, 0) is 49.4 Å². The Morgan fingerprint density at radius 2 is 1.83 bits per heavy atom. The molecule has 0 saturated heterocycles.